The molecule has 2 aromatic rings. The first-order valence-electron chi connectivity index (χ1n) is 9.26. The van der Waals surface area contributed by atoms with E-state index >= 15 is 0 Å². The molecule has 0 unspecified atom stereocenters. The van der Waals surface area contributed by atoms with Crippen molar-refractivity contribution in [3.05, 3.63) is 36.4 Å². The van der Waals surface area contributed by atoms with E-state index in [0.717, 1.165) is 18.2 Å². The minimum atomic E-state index is -4.69. The van der Waals surface area contributed by atoms with Crippen molar-refractivity contribution in [2.45, 2.75) is 18.5 Å². The lowest BCUT2D eigenvalue weighted by Gasteiger charge is -2.18. The molecule has 0 heterocycles. The quantitative estimate of drug-likeness (QED) is 0.309. The Hall–Kier alpha value is -3.16. The van der Waals surface area contributed by atoms with Crippen molar-refractivity contribution in [2.24, 2.45) is 0 Å². The Labute approximate surface area is 194 Å². The minimum absolute atomic E-state index is 0.0256. The molecule has 2 rings (SSSR count). The van der Waals surface area contributed by atoms with Crippen molar-refractivity contribution in [2.75, 3.05) is 38.1 Å². The summed E-state index contributed by atoms with van der Waals surface area (Å²) in [4.78, 5) is 0. The molecule has 2 N–H and O–H groups in total. The first-order chi connectivity index (χ1) is 15.8. The van der Waals surface area contributed by atoms with Gasteiger partial charge in [-0.1, -0.05) is 0 Å². The van der Waals surface area contributed by atoms with Gasteiger partial charge < -0.3 is 29.6 Å². The van der Waals surface area contributed by atoms with Gasteiger partial charge in [0.2, 0.25) is 0 Å². The van der Waals surface area contributed by atoms with Crippen LogP contribution in [0.2, 0.25) is 0 Å². The Bertz CT molecular complexity index is 968. The molecule has 0 spiro atoms. The van der Waals surface area contributed by atoms with E-state index in [1.165, 1.54) is 14.2 Å². The molecule has 6 nitrogen and oxygen atoms in total. The SMILES string of the molecule is COc1cc(NC(=S)Nc2cc(OCC(F)(F)F)cc(OCC(F)(F)C(F)F)c2)cc(OC)c1. The third kappa shape index (κ3) is 8.65. The van der Waals surface area contributed by atoms with Crippen LogP contribution < -0.4 is 29.6 Å². The van der Waals surface area contributed by atoms with Gasteiger partial charge in [-0.05, 0) is 12.2 Å². The number of anilines is 2. The van der Waals surface area contributed by atoms with E-state index in [-0.39, 0.29) is 10.8 Å². The Morgan fingerprint density at radius 3 is 1.59 bits per heavy atom. The van der Waals surface area contributed by atoms with Crippen LogP contribution in [0.3, 0.4) is 0 Å². The van der Waals surface area contributed by atoms with Crippen molar-refractivity contribution in [1.82, 2.24) is 0 Å². The summed E-state index contributed by atoms with van der Waals surface area (Å²) in [7, 11) is 2.86. The number of benzene rings is 2. The lowest BCUT2D eigenvalue weighted by atomic mass is 10.2. The van der Waals surface area contributed by atoms with Crippen molar-refractivity contribution >= 4 is 28.7 Å². The highest BCUT2D eigenvalue weighted by Gasteiger charge is 2.41. The molecule has 0 aliphatic rings. The number of nitrogens with one attached hydrogen (secondary N) is 2. The summed E-state index contributed by atoms with van der Waals surface area (Å²) < 4.78 is 108. The second-order valence-electron chi connectivity index (χ2n) is 6.63. The molecule has 188 valence electrons. The molecule has 2 aromatic carbocycles. The molecule has 14 heteroatoms. The zero-order chi connectivity index (χ0) is 25.5. The Kier molecular flexibility index (Phi) is 9.01. The van der Waals surface area contributed by atoms with Gasteiger partial charge in [0.25, 0.3) is 0 Å². The van der Waals surface area contributed by atoms with Gasteiger partial charge in [0.1, 0.15) is 23.0 Å². The number of hydrogen-bond donors (Lipinski definition) is 2. The summed E-state index contributed by atoms with van der Waals surface area (Å²) in [5.41, 5.74) is 0.397. The molecule has 34 heavy (non-hydrogen) atoms. The lowest BCUT2D eigenvalue weighted by Crippen LogP contribution is -2.33. The highest BCUT2D eigenvalue weighted by Crippen LogP contribution is 2.31. The summed E-state index contributed by atoms with van der Waals surface area (Å²) in [5.74, 6) is -4.49. The maximum Gasteiger partial charge on any atom is 0.422 e. The molecule has 0 radical (unpaired) electrons. The minimum Gasteiger partial charge on any atom is -0.497 e. The predicted octanol–water partition coefficient (Wildman–Crippen LogP) is 5.73. The second kappa shape index (κ2) is 11.3. The summed E-state index contributed by atoms with van der Waals surface area (Å²) in [6, 6.07) is 7.75. The maximum atomic E-state index is 13.2. The van der Waals surface area contributed by atoms with Crippen molar-refractivity contribution < 1.29 is 49.7 Å². The van der Waals surface area contributed by atoms with Gasteiger partial charge in [0.15, 0.2) is 18.3 Å². The van der Waals surface area contributed by atoms with E-state index in [9.17, 15) is 30.7 Å². The van der Waals surface area contributed by atoms with Crippen LogP contribution in [-0.2, 0) is 0 Å². The van der Waals surface area contributed by atoms with Gasteiger partial charge in [0, 0.05) is 47.8 Å². The molecular weight excluding hydrogens is 497 g/mol. The number of thiocarbonyl (C=S) groups is 1. The number of ether oxygens (including phenoxy) is 4. The molecule has 0 aliphatic carbocycles. The van der Waals surface area contributed by atoms with E-state index in [0.29, 0.717) is 17.2 Å². The van der Waals surface area contributed by atoms with Gasteiger partial charge in [0.05, 0.1) is 14.2 Å². The zero-order valence-electron chi connectivity index (χ0n) is 17.6. The van der Waals surface area contributed by atoms with Crippen LogP contribution in [0.5, 0.6) is 23.0 Å². The smallest absolute Gasteiger partial charge is 0.422 e. The van der Waals surface area contributed by atoms with Gasteiger partial charge >= 0.3 is 18.5 Å². The van der Waals surface area contributed by atoms with Gasteiger partial charge in [-0.3, -0.25) is 0 Å². The number of methoxy groups -OCH3 is 2. The highest BCUT2D eigenvalue weighted by atomic mass is 32.1. The largest absolute Gasteiger partial charge is 0.497 e. The molecule has 0 atom stereocenters. The van der Waals surface area contributed by atoms with Gasteiger partial charge in [-0.2, -0.15) is 22.0 Å². The Morgan fingerprint density at radius 2 is 1.18 bits per heavy atom. The Morgan fingerprint density at radius 1 is 0.765 bits per heavy atom. The average molecular weight is 516 g/mol. The number of hydrogen-bond acceptors (Lipinski definition) is 5. The first kappa shape index (κ1) is 27.1. The van der Waals surface area contributed by atoms with Crippen molar-refractivity contribution in [1.29, 1.82) is 0 Å². The third-order valence-corrected chi connectivity index (χ3v) is 4.10. The van der Waals surface area contributed by atoms with Gasteiger partial charge in [-0.15, -0.1) is 0 Å². The van der Waals surface area contributed by atoms with Crippen LogP contribution in [0.25, 0.3) is 0 Å². The summed E-state index contributed by atoms with van der Waals surface area (Å²) >= 11 is 5.16. The molecule has 0 saturated heterocycles. The van der Waals surface area contributed by atoms with Crippen molar-refractivity contribution in [3.63, 3.8) is 0 Å². The first-order valence-corrected chi connectivity index (χ1v) is 9.66. The third-order valence-electron chi connectivity index (χ3n) is 3.90. The van der Waals surface area contributed by atoms with Crippen LogP contribution in [0.4, 0.5) is 42.1 Å². The van der Waals surface area contributed by atoms with E-state index in [4.69, 9.17) is 21.7 Å². The topological polar surface area (TPSA) is 61.0 Å². The fraction of sp³-hybridized carbons (Fsp3) is 0.350. The highest BCUT2D eigenvalue weighted by molar-refractivity contribution is 7.80. The van der Waals surface area contributed by atoms with E-state index in [1.807, 2.05) is 0 Å². The second-order valence-corrected chi connectivity index (χ2v) is 7.04. The van der Waals surface area contributed by atoms with Crippen LogP contribution in [-0.4, -0.2) is 51.1 Å². The maximum absolute atomic E-state index is 13.2. The van der Waals surface area contributed by atoms with Crippen molar-refractivity contribution in [3.8, 4) is 23.0 Å². The average Bonchev–Trinajstić information content (AvgIpc) is 2.75. The molecule has 0 fully saturated rings. The monoisotopic (exact) mass is 516 g/mol. The number of halogens is 7. The normalized spacial score (nSPS) is 11.7. The Balaban J connectivity index is 2.22. The number of rotatable bonds is 10. The number of alkyl halides is 7. The molecule has 0 saturated carbocycles. The fourth-order valence-electron chi connectivity index (χ4n) is 2.39. The molecule has 0 bridgehead atoms. The zero-order valence-corrected chi connectivity index (χ0v) is 18.5. The van der Waals surface area contributed by atoms with Crippen LogP contribution in [0.1, 0.15) is 0 Å². The van der Waals surface area contributed by atoms with Crippen LogP contribution >= 0.6 is 12.2 Å². The van der Waals surface area contributed by atoms with Crippen LogP contribution in [0, 0.1) is 0 Å². The van der Waals surface area contributed by atoms with E-state index in [2.05, 4.69) is 20.1 Å². The standard InChI is InChI=1S/C20H19F7N2O4S/c1-30-13-3-11(4-14(7-13)31-2)28-18(34)29-12-5-15(32-9-19(23,24)17(21)22)8-16(6-12)33-10-20(25,26)27/h3-8,17H,9-10H2,1-2H3,(H2,28,29,34). The molecule has 0 amide bonds. The summed E-state index contributed by atoms with van der Waals surface area (Å²) in [5, 5.41) is 5.35. The summed E-state index contributed by atoms with van der Waals surface area (Å²) in [6.45, 7) is -3.39. The lowest BCUT2D eigenvalue weighted by molar-refractivity contribution is -0.153. The van der Waals surface area contributed by atoms with Crippen LogP contribution in [0.15, 0.2) is 36.4 Å². The fourth-order valence-corrected chi connectivity index (χ4v) is 2.63. The molecule has 0 aromatic heterocycles. The molecular formula is C20H19F7N2O4S. The summed E-state index contributed by atoms with van der Waals surface area (Å²) in [6.07, 6.45) is -8.68. The van der Waals surface area contributed by atoms with E-state index < -0.39 is 43.2 Å². The predicted molar refractivity (Wildman–Crippen MR) is 114 cm³/mol. The molecule has 0 aliphatic heterocycles. The van der Waals surface area contributed by atoms with Gasteiger partial charge in [-0.25, -0.2) is 8.78 Å². The van der Waals surface area contributed by atoms with E-state index in [1.54, 1.807) is 18.2 Å².